The van der Waals surface area contributed by atoms with E-state index in [4.69, 9.17) is 16.3 Å². The maximum absolute atomic E-state index is 12.8. The van der Waals surface area contributed by atoms with Gasteiger partial charge < -0.3 is 10.1 Å². The van der Waals surface area contributed by atoms with Crippen molar-refractivity contribution in [2.75, 3.05) is 23.3 Å². The lowest BCUT2D eigenvalue weighted by Gasteiger charge is -2.20. The Balaban J connectivity index is 1.58. The third kappa shape index (κ3) is 7.07. The molecule has 184 valence electrons. The second-order valence-corrected chi connectivity index (χ2v) is 10.3. The Labute approximate surface area is 210 Å². The van der Waals surface area contributed by atoms with E-state index in [-0.39, 0.29) is 23.2 Å². The van der Waals surface area contributed by atoms with Crippen LogP contribution in [0.15, 0.2) is 77.7 Å². The first-order chi connectivity index (χ1) is 16.7. The molecule has 0 aromatic heterocycles. The van der Waals surface area contributed by atoms with E-state index in [9.17, 15) is 18.0 Å². The van der Waals surface area contributed by atoms with Gasteiger partial charge in [-0.3, -0.25) is 9.10 Å². The number of benzene rings is 3. The molecular formula is C26H27ClN2O5S. The summed E-state index contributed by atoms with van der Waals surface area (Å²) in [6, 6.07) is 19.2. The normalized spacial score (nSPS) is 11.1. The Hall–Kier alpha value is -3.36. The predicted molar refractivity (Wildman–Crippen MR) is 137 cm³/mol. The van der Waals surface area contributed by atoms with Gasteiger partial charge in [0, 0.05) is 17.8 Å². The number of nitrogens with zero attached hydrogens (tertiary/aromatic N) is 1. The van der Waals surface area contributed by atoms with E-state index >= 15 is 0 Å². The topological polar surface area (TPSA) is 92.8 Å². The van der Waals surface area contributed by atoms with Crippen LogP contribution >= 0.6 is 11.6 Å². The molecule has 0 unspecified atom stereocenters. The van der Waals surface area contributed by atoms with Crippen molar-refractivity contribution in [3.8, 4) is 0 Å². The van der Waals surface area contributed by atoms with Gasteiger partial charge in [0.1, 0.15) is 0 Å². The highest BCUT2D eigenvalue weighted by Gasteiger charge is 2.21. The van der Waals surface area contributed by atoms with E-state index in [0.717, 1.165) is 18.4 Å². The van der Waals surface area contributed by atoms with Gasteiger partial charge in [0.2, 0.25) is 5.91 Å². The minimum atomic E-state index is -3.74. The number of anilines is 2. The molecule has 3 aromatic rings. The largest absolute Gasteiger partial charge is 0.462 e. The molecule has 3 aromatic carbocycles. The summed E-state index contributed by atoms with van der Waals surface area (Å²) in [6.45, 7) is 2.40. The Morgan fingerprint density at radius 2 is 1.57 bits per heavy atom. The highest BCUT2D eigenvalue weighted by Crippen LogP contribution is 2.24. The van der Waals surface area contributed by atoms with Gasteiger partial charge >= 0.3 is 5.97 Å². The number of hydrogen-bond acceptors (Lipinski definition) is 5. The van der Waals surface area contributed by atoms with Crippen molar-refractivity contribution in [3.63, 3.8) is 0 Å². The van der Waals surface area contributed by atoms with Crippen LogP contribution in [0.3, 0.4) is 0 Å². The molecule has 0 spiro atoms. The Bertz CT molecular complexity index is 1260. The van der Waals surface area contributed by atoms with Gasteiger partial charge in [0.05, 0.1) is 29.2 Å². The van der Waals surface area contributed by atoms with E-state index in [1.54, 1.807) is 48.5 Å². The molecule has 0 bridgehead atoms. The van der Waals surface area contributed by atoms with Crippen LogP contribution in [-0.4, -0.2) is 33.9 Å². The van der Waals surface area contributed by atoms with Gasteiger partial charge in [-0.25, -0.2) is 13.2 Å². The fourth-order valence-corrected chi connectivity index (χ4v) is 4.52. The quantitative estimate of drug-likeness (QED) is 0.292. The summed E-state index contributed by atoms with van der Waals surface area (Å²) >= 11 is 5.85. The average molecular weight is 515 g/mol. The molecule has 0 saturated carbocycles. The van der Waals surface area contributed by atoms with Crippen molar-refractivity contribution < 1.29 is 22.7 Å². The van der Waals surface area contributed by atoms with Gasteiger partial charge in [-0.05, 0) is 72.6 Å². The number of rotatable bonds is 10. The van der Waals surface area contributed by atoms with Crippen LogP contribution < -0.4 is 9.62 Å². The highest BCUT2D eigenvalue weighted by atomic mass is 35.5. The van der Waals surface area contributed by atoms with Crippen LogP contribution in [0.5, 0.6) is 0 Å². The first kappa shape index (κ1) is 26.2. The zero-order chi connectivity index (χ0) is 25.4. The summed E-state index contributed by atoms with van der Waals surface area (Å²) < 4.78 is 32.0. The molecule has 0 heterocycles. The summed E-state index contributed by atoms with van der Waals surface area (Å²) in [5.74, 6) is -0.627. The number of sulfonamides is 1. The number of carbonyl (C=O) groups is 2. The molecule has 35 heavy (non-hydrogen) atoms. The number of unbranched alkanes of at least 4 members (excludes halogenated alkanes) is 1. The number of amides is 1. The predicted octanol–water partition coefficient (Wildman–Crippen LogP) is 5.30. The second kappa shape index (κ2) is 11.9. The van der Waals surface area contributed by atoms with Crippen LogP contribution in [0.2, 0.25) is 5.02 Å². The molecule has 0 aliphatic heterocycles. The summed E-state index contributed by atoms with van der Waals surface area (Å²) in [4.78, 5) is 24.5. The monoisotopic (exact) mass is 514 g/mol. The lowest BCUT2D eigenvalue weighted by Crippen LogP contribution is -2.26. The third-order valence-corrected chi connectivity index (χ3v) is 7.32. The molecule has 0 radical (unpaired) electrons. The maximum atomic E-state index is 12.8. The van der Waals surface area contributed by atoms with E-state index in [0.29, 0.717) is 28.6 Å². The highest BCUT2D eigenvalue weighted by molar-refractivity contribution is 7.92. The SMILES string of the molecule is CCCCOC(=O)c1ccc(NC(=O)Cc2ccc(N(C)S(=O)(=O)c3ccc(Cl)cc3)cc2)cc1. The zero-order valence-corrected chi connectivity index (χ0v) is 21.1. The van der Waals surface area contributed by atoms with Crippen LogP contribution in [0, 0.1) is 0 Å². The molecule has 9 heteroatoms. The van der Waals surface area contributed by atoms with Gasteiger partial charge in [-0.15, -0.1) is 0 Å². The second-order valence-electron chi connectivity index (χ2n) is 7.88. The van der Waals surface area contributed by atoms with Gasteiger partial charge in [0.25, 0.3) is 10.0 Å². The first-order valence-electron chi connectivity index (χ1n) is 11.1. The fourth-order valence-electron chi connectivity index (χ4n) is 3.20. The van der Waals surface area contributed by atoms with Gasteiger partial charge in [-0.1, -0.05) is 37.1 Å². The van der Waals surface area contributed by atoms with Crippen molar-refractivity contribution in [1.82, 2.24) is 0 Å². The van der Waals surface area contributed by atoms with Crippen LogP contribution in [0.25, 0.3) is 0 Å². The standard InChI is InChI=1S/C26H27ClN2O5S/c1-3-4-17-34-26(31)20-7-11-22(12-8-20)28-25(30)18-19-5-13-23(14-6-19)29(2)35(32,33)24-15-9-21(27)10-16-24/h5-16H,3-4,17-18H2,1-2H3,(H,28,30). The Morgan fingerprint density at radius 1 is 0.943 bits per heavy atom. The molecule has 0 saturated heterocycles. The smallest absolute Gasteiger partial charge is 0.338 e. The van der Waals surface area contributed by atoms with Crippen LogP contribution in [0.4, 0.5) is 11.4 Å². The van der Waals surface area contributed by atoms with E-state index in [1.807, 2.05) is 6.92 Å². The number of hydrogen-bond donors (Lipinski definition) is 1. The number of nitrogens with one attached hydrogen (secondary N) is 1. The number of esters is 1. The molecule has 0 atom stereocenters. The molecule has 0 aliphatic carbocycles. The van der Waals surface area contributed by atoms with Crippen molar-refractivity contribution in [2.45, 2.75) is 31.1 Å². The molecule has 1 amide bonds. The zero-order valence-electron chi connectivity index (χ0n) is 19.5. The molecule has 3 rings (SSSR count). The Morgan fingerprint density at radius 3 is 2.17 bits per heavy atom. The van der Waals surface area contributed by atoms with Crippen LogP contribution in [0.1, 0.15) is 35.7 Å². The number of ether oxygens (including phenoxy) is 1. The Kier molecular flexibility index (Phi) is 8.89. The van der Waals surface area contributed by atoms with Crippen molar-refractivity contribution in [1.29, 1.82) is 0 Å². The lowest BCUT2D eigenvalue weighted by molar-refractivity contribution is -0.115. The van der Waals surface area contributed by atoms with E-state index < -0.39 is 10.0 Å². The molecule has 7 nitrogen and oxygen atoms in total. The van der Waals surface area contributed by atoms with Crippen molar-refractivity contribution >= 4 is 44.9 Å². The molecule has 1 N–H and O–H groups in total. The summed E-state index contributed by atoms with van der Waals surface area (Å²) in [6.07, 6.45) is 1.87. The van der Waals surface area contributed by atoms with Crippen LogP contribution in [-0.2, 0) is 26.0 Å². The first-order valence-corrected chi connectivity index (χ1v) is 12.9. The average Bonchev–Trinajstić information content (AvgIpc) is 2.85. The summed E-state index contributed by atoms with van der Waals surface area (Å²) in [7, 11) is -2.27. The third-order valence-electron chi connectivity index (χ3n) is 5.27. The minimum Gasteiger partial charge on any atom is -0.462 e. The van der Waals surface area contributed by atoms with E-state index in [1.165, 1.54) is 35.6 Å². The molecular weight excluding hydrogens is 488 g/mol. The lowest BCUT2D eigenvalue weighted by atomic mass is 10.1. The summed E-state index contributed by atoms with van der Waals surface area (Å²) in [5.41, 5.74) is 2.17. The van der Waals surface area contributed by atoms with Gasteiger partial charge in [-0.2, -0.15) is 0 Å². The van der Waals surface area contributed by atoms with E-state index in [2.05, 4.69) is 5.32 Å². The number of carbonyl (C=O) groups excluding carboxylic acids is 2. The van der Waals surface area contributed by atoms with Crippen molar-refractivity contribution in [2.24, 2.45) is 0 Å². The molecule has 0 aliphatic rings. The fraction of sp³-hybridized carbons (Fsp3) is 0.231. The summed E-state index contributed by atoms with van der Waals surface area (Å²) in [5, 5.41) is 3.24. The van der Waals surface area contributed by atoms with Crippen molar-refractivity contribution in [3.05, 3.63) is 88.9 Å². The maximum Gasteiger partial charge on any atom is 0.338 e. The van der Waals surface area contributed by atoms with Gasteiger partial charge in [0.15, 0.2) is 0 Å². The number of halogens is 1. The minimum absolute atomic E-state index is 0.106. The molecule has 0 fully saturated rings.